The lowest BCUT2D eigenvalue weighted by Crippen LogP contribution is -2.49. The van der Waals surface area contributed by atoms with Crippen molar-refractivity contribution in [1.82, 2.24) is 20.1 Å². The highest BCUT2D eigenvalue weighted by molar-refractivity contribution is 5.87. The second-order valence-corrected chi connectivity index (χ2v) is 9.09. The van der Waals surface area contributed by atoms with Crippen LogP contribution in [-0.2, 0) is 4.79 Å². The highest BCUT2D eigenvalue weighted by Gasteiger charge is 2.29. The van der Waals surface area contributed by atoms with Crippen molar-refractivity contribution in [3.05, 3.63) is 41.6 Å². The Kier molecular flexibility index (Phi) is 6.31. The lowest BCUT2D eigenvalue weighted by molar-refractivity contribution is -0.123. The van der Waals surface area contributed by atoms with Gasteiger partial charge in [-0.15, -0.1) is 0 Å². The maximum absolute atomic E-state index is 12.7. The van der Waals surface area contributed by atoms with Crippen LogP contribution in [0.5, 0.6) is 0 Å². The van der Waals surface area contributed by atoms with E-state index < -0.39 is 0 Å². The third-order valence-corrected chi connectivity index (χ3v) is 6.55. The van der Waals surface area contributed by atoms with E-state index in [1.165, 1.54) is 5.56 Å². The SMILES string of the molecule is C[C@@H]1C[C@@H](c2ccc(C#N)c3ncccc23)CN(CC(=O)NC2CCN(C)CC2)C1.[HH]. The summed E-state index contributed by atoms with van der Waals surface area (Å²) in [7, 11) is 2.13. The molecule has 6 heteroatoms. The van der Waals surface area contributed by atoms with Crippen molar-refractivity contribution in [3.8, 4) is 6.07 Å². The maximum atomic E-state index is 12.7. The van der Waals surface area contributed by atoms with Crippen molar-refractivity contribution in [2.24, 2.45) is 5.92 Å². The van der Waals surface area contributed by atoms with Crippen LogP contribution < -0.4 is 5.32 Å². The van der Waals surface area contributed by atoms with E-state index in [1.54, 1.807) is 6.20 Å². The minimum Gasteiger partial charge on any atom is -0.352 e. The van der Waals surface area contributed by atoms with Gasteiger partial charge < -0.3 is 10.2 Å². The smallest absolute Gasteiger partial charge is 0.234 e. The number of nitrogens with one attached hydrogen (secondary N) is 1. The van der Waals surface area contributed by atoms with Gasteiger partial charge in [-0.2, -0.15) is 5.26 Å². The first-order valence-electron chi connectivity index (χ1n) is 11.0. The lowest BCUT2D eigenvalue weighted by atomic mass is 9.83. The number of nitriles is 1. The Bertz CT molecular complexity index is 951. The summed E-state index contributed by atoms with van der Waals surface area (Å²) < 4.78 is 0. The number of hydrogen-bond donors (Lipinski definition) is 1. The predicted octanol–water partition coefficient (Wildman–Crippen LogP) is 2.99. The highest BCUT2D eigenvalue weighted by Crippen LogP contribution is 2.34. The van der Waals surface area contributed by atoms with Gasteiger partial charge in [0.1, 0.15) is 6.07 Å². The molecule has 2 fully saturated rings. The zero-order valence-electron chi connectivity index (χ0n) is 18.0. The second-order valence-electron chi connectivity index (χ2n) is 9.09. The van der Waals surface area contributed by atoms with E-state index in [4.69, 9.17) is 0 Å². The molecule has 1 amide bonds. The van der Waals surface area contributed by atoms with Gasteiger partial charge in [-0.1, -0.05) is 19.1 Å². The van der Waals surface area contributed by atoms with Crippen LogP contribution in [0.3, 0.4) is 0 Å². The molecule has 1 aromatic carbocycles. The van der Waals surface area contributed by atoms with Crippen molar-refractivity contribution in [1.29, 1.82) is 5.26 Å². The van der Waals surface area contributed by atoms with E-state index in [9.17, 15) is 10.1 Å². The number of carbonyl (C=O) groups excluding carboxylic acids is 1. The molecule has 0 unspecified atom stereocenters. The Balaban J connectivity index is 0.00000272. The molecular weight excluding hydrogens is 374 g/mol. The second kappa shape index (κ2) is 9.11. The first-order chi connectivity index (χ1) is 14.5. The molecule has 2 atom stereocenters. The molecule has 4 rings (SSSR count). The fourth-order valence-electron chi connectivity index (χ4n) is 5.09. The molecule has 2 aliphatic rings. The van der Waals surface area contributed by atoms with E-state index in [0.717, 1.165) is 56.3 Å². The summed E-state index contributed by atoms with van der Waals surface area (Å²) in [6.45, 7) is 6.63. The summed E-state index contributed by atoms with van der Waals surface area (Å²) in [5, 5.41) is 13.7. The molecule has 1 aromatic heterocycles. The minimum atomic E-state index is 0. The Morgan fingerprint density at radius 2 is 2.10 bits per heavy atom. The van der Waals surface area contributed by atoms with Crippen LogP contribution in [0.1, 0.15) is 44.7 Å². The monoisotopic (exact) mass is 407 g/mol. The summed E-state index contributed by atoms with van der Waals surface area (Å²) in [4.78, 5) is 21.8. The Labute approximate surface area is 180 Å². The number of rotatable bonds is 4. The number of amides is 1. The molecule has 0 radical (unpaired) electrons. The van der Waals surface area contributed by atoms with Crippen LogP contribution in [0.25, 0.3) is 10.9 Å². The van der Waals surface area contributed by atoms with Gasteiger partial charge in [0.2, 0.25) is 5.91 Å². The van der Waals surface area contributed by atoms with Gasteiger partial charge in [0, 0.05) is 32.1 Å². The Morgan fingerprint density at radius 1 is 1.30 bits per heavy atom. The quantitative estimate of drug-likeness (QED) is 0.844. The first kappa shape index (κ1) is 20.8. The molecule has 2 saturated heterocycles. The average Bonchev–Trinajstić information content (AvgIpc) is 2.74. The Hall–Kier alpha value is -2.49. The number of benzene rings is 1. The third-order valence-electron chi connectivity index (χ3n) is 6.55. The fourth-order valence-corrected chi connectivity index (χ4v) is 5.09. The molecule has 3 heterocycles. The summed E-state index contributed by atoms with van der Waals surface area (Å²) in [6, 6.07) is 10.5. The topological polar surface area (TPSA) is 72.3 Å². The lowest BCUT2D eigenvalue weighted by Gasteiger charge is -2.37. The Morgan fingerprint density at radius 3 is 2.87 bits per heavy atom. The van der Waals surface area contributed by atoms with E-state index in [2.05, 4.69) is 52.3 Å². The molecule has 6 nitrogen and oxygen atoms in total. The van der Waals surface area contributed by atoms with Crippen molar-refractivity contribution in [2.75, 3.05) is 39.8 Å². The minimum absolute atomic E-state index is 0. The van der Waals surface area contributed by atoms with Crippen molar-refractivity contribution in [3.63, 3.8) is 0 Å². The molecule has 30 heavy (non-hydrogen) atoms. The van der Waals surface area contributed by atoms with Gasteiger partial charge >= 0.3 is 0 Å². The number of pyridine rings is 1. The predicted molar refractivity (Wildman–Crippen MR) is 120 cm³/mol. The zero-order chi connectivity index (χ0) is 21.1. The van der Waals surface area contributed by atoms with Gasteiger partial charge in [-0.05, 0) is 68.9 Å². The molecule has 0 saturated carbocycles. The number of piperidine rings is 2. The van der Waals surface area contributed by atoms with Crippen LogP contribution in [0.2, 0.25) is 0 Å². The van der Waals surface area contributed by atoms with Crippen LogP contribution >= 0.6 is 0 Å². The molecule has 0 spiro atoms. The molecule has 0 aliphatic carbocycles. The summed E-state index contributed by atoms with van der Waals surface area (Å²) >= 11 is 0. The number of carbonyl (C=O) groups is 1. The summed E-state index contributed by atoms with van der Waals surface area (Å²) in [6.07, 6.45) is 4.90. The largest absolute Gasteiger partial charge is 0.352 e. The fraction of sp³-hybridized carbons (Fsp3) is 0.542. The van der Waals surface area contributed by atoms with E-state index in [-0.39, 0.29) is 7.33 Å². The molecule has 160 valence electrons. The maximum Gasteiger partial charge on any atom is 0.234 e. The van der Waals surface area contributed by atoms with Crippen molar-refractivity contribution < 1.29 is 6.22 Å². The van der Waals surface area contributed by atoms with Gasteiger partial charge in [-0.3, -0.25) is 14.7 Å². The van der Waals surface area contributed by atoms with Crippen molar-refractivity contribution in [2.45, 2.75) is 38.1 Å². The summed E-state index contributed by atoms with van der Waals surface area (Å²) in [5.74, 6) is 0.996. The van der Waals surface area contributed by atoms with Gasteiger partial charge in [0.05, 0.1) is 17.6 Å². The number of aromatic nitrogens is 1. The van der Waals surface area contributed by atoms with Gasteiger partial charge in [-0.25, -0.2) is 0 Å². The molecule has 1 N–H and O–H groups in total. The van der Waals surface area contributed by atoms with Crippen LogP contribution in [0, 0.1) is 17.2 Å². The number of likely N-dealkylation sites (tertiary alicyclic amines) is 2. The molecule has 2 aromatic rings. The average molecular weight is 408 g/mol. The molecule has 0 bridgehead atoms. The van der Waals surface area contributed by atoms with E-state index >= 15 is 0 Å². The van der Waals surface area contributed by atoms with Crippen molar-refractivity contribution >= 4 is 16.8 Å². The molecular formula is C24H33N5O. The third kappa shape index (κ3) is 4.63. The number of fused-ring (bicyclic) bond motifs is 1. The number of nitrogens with zero attached hydrogens (tertiary/aromatic N) is 4. The summed E-state index contributed by atoms with van der Waals surface area (Å²) in [5.41, 5.74) is 2.64. The van der Waals surface area contributed by atoms with Crippen LogP contribution in [0.15, 0.2) is 30.5 Å². The zero-order valence-corrected chi connectivity index (χ0v) is 18.0. The highest BCUT2D eigenvalue weighted by atomic mass is 16.2. The van der Waals surface area contributed by atoms with Gasteiger partial charge in [0.25, 0.3) is 0 Å². The normalized spacial score (nSPS) is 23.9. The standard InChI is InChI=1S/C24H31N5O.H2/c1-17-12-19(21-6-5-18(13-25)24-22(21)4-3-9-26-24)15-29(14-17)16-23(30)27-20-7-10-28(2)11-8-20;/h3-6,9,17,19-20H,7-8,10-12,14-16H2,1-2H3,(H,27,30);1H/t17-,19-;/m1./s1. The first-order valence-corrected chi connectivity index (χ1v) is 11.0. The van der Waals surface area contributed by atoms with E-state index in [0.29, 0.717) is 30.0 Å². The van der Waals surface area contributed by atoms with Gasteiger partial charge in [0.15, 0.2) is 0 Å². The van der Waals surface area contributed by atoms with E-state index in [1.807, 2.05) is 12.1 Å². The molecule has 2 aliphatic heterocycles. The van der Waals surface area contributed by atoms with Crippen LogP contribution in [0.4, 0.5) is 0 Å². The number of hydrogen-bond acceptors (Lipinski definition) is 5. The van der Waals surface area contributed by atoms with Crippen LogP contribution in [-0.4, -0.2) is 66.5 Å².